The molecule has 2 rings (SSSR count). The second-order valence-electron chi connectivity index (χ2n) is 5.09. The molecular formula is C14H21N3O. The van der Waals surface area contributed by atoms with Gasteiger partial charge in [0.15, 0.2) is 0 Å². The van der Waals surface area contributed by atoms with Crippen molar-refractivity contribution in [2.75, 3.05) is 32.4 Å². The van der Waals surface area contributed by atoms with Crippen molar-refractivity contribution in [3.63, 3.8) is 0 Å². The molecule has 1 aromatic rings. The Labute approximate surface area is 108 Å². The number of carbonyl (C=O) groups excluding carboxylic acids is 1. The molecule has 1 fully saturated rings. The molecule has 98 valence electrons. The van der Waals surface area contributed by atoms with Gasteiger partial charge in [0, 0.05) is 30.4 Å². The van der Waals surface area contributed by atoms with Crippen LogP contribution in [0.15, 0.2) is 24.3 Å². The predicted molar refractivity (Wildman–Crippen MR) is 73.5 cm³/mol. The first-order valence-electron chi connectivity index (χ1n) is 6.43. The monoisotopic (exact) mass is 247 g/mol. The minimum absolute atomic E-state index is 0.109. The smallest absolute Gasteiger partial charge is 0.254 e. The van der Waals surface area contributed by atoms with Crippen molar-refractivity contribution < 1.29 is 4.79 Å². The zero-order valence-electron chi connectivity index (χ0n) is 11.1. The Kier molecular flexibility index (Phi) is 3.87. The van der Waals surface area contributed by atoms with E-state index in [-0.39, 0.29) is 11.9 Å². The lowest BCUT2D eigenvalue weighted by atomic mass is 10.1. The molecule has 1 amide bonds. The van der Waals surface area contributed by atoms with E-state index < -0.39 is 0 Å². The van der Waals surface area contributed by atoms with Crippen molar-refractivity contribution in [2.45, 2.75) is 19.4 Å². The quantitative estimate of drug-likeness (QED) is 0.764. The Morgan fingerprint density at radius 2 is 1.94 bits per heavy atom. The molecule has 1 heterocycles. The zero-order chi connectivity index (χ0) is 13.1. The first kappa shape index (κ1) is 12.9. The van der Waals surface area contributed by atoms with Gasteiger partial charge >= 0.3 is 0 Å². The molecular weight excluding hydrogens is 226 g/mol. The number of benzene rings is 1. The van der Waals surface area contributed by atoms with E-state index in [0.29, 0.717) is 5.69 Å². The fourth-order valence-electron chi connectivity index (χ4n) is 2.47. The van der Waals surface area contributed by atoms with E-state index in [9.17, 15) is 4.79 Å². The number of likely N-dealkylation sites (N-methyl/N-ethyl adjacent to an activating group) is 1. The van der Waals surface area contributed by atoms with Crippen LogP contribution in [-0.4, -0.2) is 48.4 Å². The Morgan fingerprint density at radius 3 is 2.61 bits per heavy atom. The number of rotatable bonds is 1. The lowest BCUT2D eigenvalue weighted by molar-refractivity contribution is 0.0696. The SMILES string of the molecule is CC1CN(C)CCCN1C(=O)c1ccc(N)cc1. The summed E-state index contributed by atoms with van der Waals surface area (Å²) in [6.07, 6.45) is 1.03. The Bertz CT molecular complexity index is 416. The van der Waals surface area contributed by atoms with E-state index in [4.69, 9.17) is 5.73 Å². The van der Waals surface area contributed by atoms with Gasteiger partial charge < -0.3 is 15.5 Å². The molecule has 4 nitrogen and oxygen atoms in total. The molecule has 18 heavy (non-hydrogen) atoms. The lowest BCUT2D eigenvalue weighted by Gasteiger charge is -2.28. The summed E-state index contributed by atoms with van der Waals surface area (Å²) in [4.78, 5) is 16.7. The van der Waals surface area contributed by atoms with Crippen LogP contribution >= 0.6 is 0 Å². The van der Waals surface area contributed by atoms with Crippen LogP contribution in [0.3, 0.4) is 0 Å². The fraction of sp³-hybridized carbons (Fsp3) is 0.500. The van der Waals surface area contributed by atoms with Crippen LogP contribution in [0.4, 0.5) is 5.69 Å². The molecule has 0 bridgehead atoms. The lowest BCUT2D eigenvalue weighted by Crippen LogP contribution is -2.41. The number of hydrogen-bond acceptors (Lipinski definition) is 3. The number of nitrogens with two attached hydrogens (primary N) is 1. The molecule has 1 saturated heterocycles. The highest BCUT2D eigenvalue weighted by molar-refractivity contribution is 5.94. The van der Waals surface area contributed by atoms with Gasteiger partial charge in [-0.05, 0) is 51.2 Å². The minimum Gasteiger partial charge on any atom is -0.399 e. The van der Waals surface area contributed by atoms with Gasteiger partial charge in [0.2, 0.25) is 0 Å². The van der Waals surface area contributed by atoms with Crippen LogP contribution in [0.5, 0.6) is 0 Å². The predicted octanol–water partition coefficient (Wildman–Crippen LogP) is 1.43. The van der Waals surface area contributed by atoms with Crippen molar-refractivity contribution in [2.24, 2.45) is 0 Å². The third-order valence-electron chi connectivity index (χ3n) is 3.47. The van der Waals surface area contributed by atoms with Crippen LogP contribution in [-0.2, 0) is 0 Å². The second kappa shape index (κ2) is 5.40. The van der Waals surface area contributed by atoms with Crippen molar-refractivity contribution in [3.8, 4) is 0 Å². The number of nitrogen functional groups attached to an aromatic ring is 1. The summed E-state index contributed by atoms with van der Waals surface area (Å²) in [5, 5.41) is 0. The summed E-state index contributed by atoms with van der Waals surface area (Å²) >= 11 is 0. The summed E-state index contributed by atoms with van der Waals surface area (Å²) in [7, 11) is 2.10. The van der Waals surface area contributed by atoms with Gasteiger partial charge in [-0.2, -0.15) is 0 Å². The highest BCUT2D eigenvalue weighted by Crippen LogP contribution is 2.14. The van der Waals surface area contributed by atoms with Crippen LogP contribution in [0.2, 0.25) is 0 Å². The van der Waals surface area contributed by atoms with E-state index in [1.54, 1.807) is 24.3 Å². The Hall–Kier alpha value is -1.55. The second-order valence-corrected chi connectivity index (χ2v) is 5.09. The first-order chi connectivity index (χ1) is 8.58. The molecule has 0 radical (unpaired) electrons. The molecule has 0 aromatic heterocycles. The maximum absolute atomic E-state index is 12.4. The van der Waals surface area contributed by atoms with Crippen LogP contribution in [0.25, 0.3) is 0 Å². The normalized spacial score (nSPS) is 21.7. The van der Waals surface area contributed by atoms with E-state index in [2.05, 4.69) is 18.9 Å². The number of carbonyl (C=O) groups is 1. The van der Waals surface area contributed by atoms with Crippen LogP contribution < -0.4 is 5.73 Å². The van der Waals surface area contributed by atoms with E-state index in [0.717, 1.165) is 31.6 Å². The maximum atomic E-state index is 12.4. The molecule has 1 atom stereocenters. The van der Waals surface area contributed by atoms with Gasteiger partial charge in [-0.15, -0.1) is 0 Å². The first-order valence-corrected chi connectivity index (χ1v) is 6.43. The third-order valence-corrected chi connectivity index (χ3v) is 3.47. The maximum Gasteiger partial charge on any atom is 0.254 e. The third kappa shape index (κ3) is 2.82. The van der Waals surface area contributed by atoms with E-state index in [1.165, 1.54) is 0 Å². The summed E-state index contributed by atoms with van der Waals surface area (Å²) in [6.45, 7) is 4.92. The van der Waals surface area contributed by atoms with Crippen molar-refractivity contribution >= 4 is 11.6 Å². The molecule has 0 aliphatic carbocycles. The Morgan fingerprint density at radius 1 is 1.28 bits per heavy atom. The van der Waals surface area contributed by atoms with Gasteiger partial charge in [-0.1, -0.05) is 0 Å². The molecule has 1 unspecified atom stereocenters. The molecule has 0 spiro atoms. The van der Waals surface area contributed by atoms with Gasteiger partial charge in [0.1, 0.15) is 0 Å². The Balaban J connectivity index is 2.14. The molecule has 1 aliphatic heterocycles. The minimum atomic E-state index is 0.109. The summed E-state index contributed by atoms with van der Waals surface area (Å²) in [5.74, 6) is 0.109. The van der Waals surface area contributed by atoms with Gasteiger partial charge in [0.05, 0.1) is 0 Å². The van der Waals surface area contributed by atoms with Crippen molar-refractivity contribution in [3.05, 3.63) is 29.8 Å². The number of amides is 1. The average molecular weight is 247 g/mol. The topological polar surface area (TPSA) is 49.6 Å². The standard InChI is InChI=1S/C14H21N3O/c1-11-10-16(2)8-3-9-17(11)14(18)12-4-6-13(15)7-5-12/h4-7,11H,3,8-10,15H2,1-2H3. The fourth-order valence-corrected chi connectivity index (χ4v) is 2.47. The number of nitrogens with zero attached hydrogens (tertiary/aromatic N) is 2. The van der Waals surface area contributed by atoms with Crippen LogP contribution in [0, 0.1) is 0 Å². The van der Waals surface area contributed by atoms with Gasteiger partial charge in [0.25, 0.3) is 5.91 Å². The molecule has 1 aliphatic rings. The van der Waals surface area contributed by atoms with Gasteiger partial charge in [-0.25, -0.2) is 0 Å². The van der Waals surface area contributed by atoms with E-state index >= 15 is 0 Å². The molecule has 0 saturated carbocycles. The molecule has 1 aromatic carbocycles. The largest absolute Gasteiger partial charge is 0.399 e. The average Bonchev–Trinajstić information content (AvgIpc) is 2.50. The zero-order valence-corrected chi connectivity index (χ0v) is 11.1. The summed E-state index contributed by atoms with van der Waals surface area (Å²) < 4.78 is 0. The number of anilines is 1. The van der Waals surface area contributed by atoms with Gasteiger partial charge in [-0.3, -0.25) is 4.79 Å². The molecule has 4 heteroatoms. The van der Waals surface area contributed by atoms with Crippen molar-refractivity contribution in [1.29, 1.82) is 0 Å². The highest BCUT2D eigenvalue weighted by atomic mass is 16.2. The summed E-state index contributed by atoms with van der Waals surface area (Å²) in [5.41, 5.74) is 7.06. The highest BCUT2D eigenvalue weighted by Gasteiger charge is 2.24. The molecule has 2 N–H and O–H groups in total. The van der Waals surface area contributed by atoms with Crippen molar-refractivity contribution in [1.82, 2.24) is 9.80 Å². The van der Waals surface area contributed by atoms with E-state index in [1.807, 2.05) is 4.90 Å². The van der Waals surface area contributed by atoms with Crippen LogP contribution in [0.1, 0.15) is 23.7 Å². The summed E-state index contributed by atoms with van der Waals surface area (Å²) in [6, 6.07) is 7.42. The number of hydrogen-bond donors (Lipinski definition) is 1.